The van der Waals surface area contributed by atoms with Crippen LogP contribution in [0.15, 0.2) is 60.0 Å². The van der Waals surface area contributed by atoms with Gasteiger partial charge >= 0.3 is 0 Å². The number of ether oxygens (including phenoxy) is 2. The van der Waals surface area contributed by atoms with E-state index in [1.54, 1.807) is 45.4 Å². The smallest absolute Gasteiger partial charge is 0.254 e. The Kier molecular flexibility index (Phi) is 7.86. The Morgan fingerprint density at radius 2 is 2.05 bits per heavy atom. The molecule has 0 radical (unpaired) electrons. The van der Waals surface area contributed by atoms with Crippen molar-refractivity contribution in [3.63, 3.8) is 0 Å². The van der Waals surface area contributed by atoms with Crippen molar-refractivity contribution in [1.82, 2.24) is 9.80 Å². The summed E-state index contributed by atoms with van der Waals surface area (Å²) in [6.45, 7) is 3.58. The third-order valence-electron chi connectivity index (χ3n) is 6.97. The van der Waals surface area contributed by atoms with E-state index in [4.69, 9.17) is 9.47 Å². The molecule has 0 spiro atoms. The van der Waals surface area contributed by atoms with Crippen molar-refractivity contribution in [2.45, 2.75) is 38.3 Å². The Morgan fingerprint density at radius 1 is 1.19 bits per heavy atom. The average Bonchev–Trinajstić information content (AvgIpc) is 3.59. The number of halogens is 1. The zero-order chi connectivity index (χ0) is 25.8. The van der Waals surface area contributed by atoms with Crippen LogP contribution in [0, 0.1) is 12.7 Å². The van der Waals surface area contributed by atoms with Gasteiger partial charge in [0.05, 0.1) is 12.1 Å². The molecule has 2 aromatic carbocycles. The van der Waals surface area contributed by atoms with E-state index < -0.39 is 5.82 Å². The minimum atomic E-state index is -0.437. The van der Waals surface area contributed by atoms with Crippen LogP contribution in [0.5, 0.6) is 5.75 Å². The second-order valence-electron chi connectivity index (χ2n) is 9.58. The Bertz CT molecular complexity index is 1260. The molecular formula is C29H31FN2O4S. The molecule has 3 heterocycles. The number of carbonyl (C=O) groups is 2. The normalized spacial score (nSPS) is 18.9. The van der Waals surface area contributed by atoms with Crippen LogP contribution in [0.3, 0.4) is 0 Å². The van der Waals surface area contributed by atoms with Gasteiger partial charge in [0, 0.05) is 30.1 Å². The molecule has 2 aliphatic rings. The largest absolute Gasteiger partial charge is 0.488 e. The van der Waals surface area contributed by atoms with Crippen LogP contribution >= 0.6 is 11.3 Å². The van der Waals surface area contributed by atoms with Crippen LogP contribution in [-0.4, -0.2) is 60.6 Å². The highest BCUT2D eigenvalue weighted by Gasteiger charge is 2.34. The number of rotatable bonds is 8. The Labute approximate surface area is 220 Å². The Morgan fingerprint density at radius 3 is 2.84 bits per heavy atom. The van der Waals surface area contributed by atoms with Gasteiger partial charge in [0.25, 0.3) is 5.91 Å². The summed E-state index contributed by atoms with van der Waals surface area (Å²) < 4.78 is 25.9. The number of hydrogen-bond donors (Lipinski definition) is 0. The standard InChI is InChI=1S/C29H31FN2O4S/c1-20-6-4-7-21(16-20)29(34)31(17-22-8-5-14-35-22)18-28(33)32-13-11-27-23(12-15-37-27)25(32)19-36-26-10-3-2-9-24(26)30/h2-4,6-7,9-10,12,15-16,22,25H,5,8,11,13-14,17-19H2,1H3. The summed E-state index contributed by atoms with van der Waals surface area (Å²) in [7, 11) is 0. The first kappa shape index (κ1) is 25.4. The molecule has 2 amide bonds. The van der Waals surface area contributed by atoms with Gasteiger partial charge in [0.1, 0.15) is 13.2 Å². The van der Waals surface area contributed by atoms with Crippen molar-refractivity contribution in [2.75, 3.05) is 32.8 Å². The molecule has 3 aromatic rings. The van der Waals surface area contributed by atoms with Crippen molar-refractivity contribution in [3.05, 3.63) is 87.4 Å². The molecule has 0 saturated carbocycles. The molecule has 2 aliphatic heterocycles. The third kappa shape index (κ3) is 5.86. The molecule has 1 saturated heterocycles. The predicted octanol–water partition coefficient (Wildman–Crippen LogP) is 5.02. The van der Waals surface area contributed by atoms with Crippen LogP contribution in [0.1, 0.15) is 45.2 Å². The average molecular weight is 523 g/mol. The second kappa shape index (κ2) is 11.4. The summed E-state index contributed by atoms with van der Waals surface area (Å²) in [5, 5.41) is 2.01. The first-order valence-corrected chi connectivity index (χ1v) is 13.6. The summed E-state index contributed by atoms with van der Waals surface area (Å²) >= 11 is 1.66. The van der Waals surface area contributed by atoms with E-state index in [1.165, 1.54) is 10.9 Å². The fourth-order valence-electron chi connectivity index (χ4n) is 5.07. The zero-order valence-electron chi connectivity index (χ0n) is 20.9. The molecule has 0 bridgehead atoms. The van der Waals surface area contributed by atoms with E-state index in [0.717, 1.165) is 30.4 Å². The number of benzene rings is 2. The van der Waals surface area contributed by atoms with E-state index in [0.29, 0.717) is 25.3 Å². The first-order chi connectivity index (χ1) is 18.0. The number of nitrogens with zero attached hydrogens (tertiary/aromatic N) is 2. The lowest BCUT2D eigenvalue weighted by atomic mass is 10.00. The molecule has 2 unspecified atom stereocenters. The fourth-order valence-corrected chi connectivity index (χ4v) is 6.00. The Hall–Kier alpha value is -3.23. The number of fused-ring (bicyclic) bond motifs is 1. The molecule has 0 N–H and O–H groups in total. The second-order valence-corrected chi connectivity index (χ2v) is 10.6. The number of amides is 2. The van der Waals surface area contributed by atoms with Crippen LogP contribution in [0.25, 0.3) is 0 Å². The van der Waals surface area contributed by atoms with Gasteiger partial charge < -0.3 is 19.3 Å². The van der Waals surface area contributed by atoms with Gasteiger partial charge in [-0.25, -0.2) is 4.39 Å². The van der Waals surface area contributed by atoms with E-state index in [-0.39, 0.29) is 42.9 Å². The monoisotopic (exact) mass is 522 g/mol. The maximum Gasteiger partial charge on any atom is 0.254 e. The highest BCUT2D eigenvalue weighted by molar-refractivity contribution is 7.10. The molecule has 6 nitrogen and oxygen atoms in total. The number of carbonyl (C=O) groups excluding carboxylic acids is 2. The molecule has 2 atom stereocenters. The molecule has 1 fully saturated rings. The topological polar surface area (TPSA) is 59.1 Å². The third-order valence-corrected chi connectivity index (χ3v) is 7.97. The van der Waals surface area contributed by atoms with Crippen molar-refractivity contribution in [3.8, 4) is 5.75 Å². The van der Waals surface area contributed by atoms with E-state index in [9.17, 15) is 14.0 Å². The van der Waals surface area contributed by atoms with Gasteiger partial charge in [0.2, 0.25) is 5.91 Å². The van der Waals surface area contributed by atoms with E-state index in [1.807, 2.05) is 36.6 Å². The van der Waals surface area contributed by atoms with Gasteiger partial charge in [-0.15, -0.1) is 11.3 Å². The molecular weight excluding hydrogens is 491 g/mol. The summed E-state index contributed by atoms with van der Waals surface area (Å²) in [5.41, 5.74) is 2.57. The molecule has 1 aromatic heterocycles. The summed E-state index contributed by atoms with van der Waals surface area (Å²) in [5.74, 6) is -0.613. The lowest BCUT2D eigenvalue weighted by Crippen LogP contribution is -2.49. The highest BCUT2D eigenvalue weighted by atomic mass is 32.1. The number of thiophene rings is 1. The SMILES string of the molecule is Cc1cccc(C(=O)N(CC(=O)N2CCc3sccc3C2COc2ccccc2F)CC2CCCO2)c1. The van der Waals surface area contributed by atoms with Gasteiger partial charge in [-0.3, -0.25) is 9.59 Å². The number of hydrogen-bond acceptors (Lipinski definition) is 5. The van der Waals surface area contributed by atoms with Gasteiger partial charge in [-0.2, -0.15) is 0 Å². The Balaban J connectivity index is 1.36. The van der Waals surface area contributed by atoms with Crippen molar-refractivity contribution in [1.29, 1.82) is 0 Å². The number of para-hydroxylation sites is 1. The summed E-state index contributed by atoms with van der Waals surface area (Å²) in [6, 6.07) is 15.4. The van der Waals surface area contributed by atoms with Crippen LogP contribution in [0.4, 0.5) is 4.39 Å². The minimum absolute atomic E-state index is 0.0533. The maximum absolute atomic E-state index is 14.2. The fraction of sp³-hybridized carbons (Fsp3) is 0.379. The highest BCUT2D eigenvalue weighted by Crippen LogP contribution is 2.34. The first-order valence-electron chi connectivity index (χ1n) is 12.7. The molecule has 0 aliphatic carbocycles. The van der Waals surface area contributed by atoms with Crippen LogP contribution in [0.2, 0.25) is 0 Å². The lowest BCUT2D eigenvalue weighted by Gasteiger charge is -2.37. The summed E-state index contributed by atoms with van der Waals surface area (Å²) in [4.78, 5) is 31.9. The molecule has 8 heteroatoms. The molecule has 37 heavy (non-hydrogen) atoms. The molecule has 194 valence electrons. The van der Waals surface area contributed by atoms with Crippen molar-refractivity contribution < 1.29 is 23.5 Å². The predicted molar refractivity (Wildman–Crippen MR) is 140 cm³/mol. The molecule has 5 rings (SSSR count). The van der Waals surface area contributed by atoms with E-state index >= 15 is 0 Å². The van der Waals surface area contributed by atoms with Crippen LogP contribution < -0.4 is 4.74 Å². The lowest BCUT2D eigenvalue weighted by molar-refractivity contribution is -0.135. The van der Waals surface area contributed by atoms with Crippen molar-refractivity contribution in [2.24, 2.45) is 0 Å². The van der Waals surface area contributed by atoms with Gasteiger partial charge in [-0.1, -0.05) is 29.8 Å². The van der Waals surface area contributed by atoms with Gasteiger partial charge in [-0.05, 0) is 67.5 Å². The van der Waals surface area contributed by atoms with E-state index in [2.05, 4.69) is 0 Å². The van der Waals surface area contributed by atoms with Crippen LogP contribution in [-0.2, 0) is 16.0 Å². The zero-order valence-corrected chi connectivity index (χ0v) is 21.7. The van der Waals surface area contributed by atoms with Gasteiger partial charge in [0.15, 0.2) is 11.6 Å². The quantitative estimate of drug-likeness (QED) is 0.417. The summed E-state index contributed by atoms with van der Waals surface area (Å²) in [6.07, 6.45) is 2.49. The maximum atomic E-state index is 14.2. The number of aryl methyl sites for hydroxylation is 1. The van der Waals surface area contributed by atoms with Crippen molar-refractivity contribution >= 4 is 23.2 Å². The minimum Gasteiger partial charge on any atom is -0.488 e.